The lowest BCUT2D eigenvalue weighted by Gasteiger charge is -2.13. The van der Waals surface area contributed by atoms with E-state index in [1.54, 1.807) is 0 Å². The fourth-order valence-electron chi connectivity index (χ4n) is 1.54. The summed E-state index contributed by atoms with van der Waals surface area (Å²) in [5, 5.41) is 3.38. The fraction of sp³-hybridized carbons (Fsp3) is 0.500. The van der Waals surface area contributed by atoms with Crippen LogP contribution in [0.4, 0.5) is 11.4 Å². The summed E-state index contributed by atoms with van der Waals surface area (Å²) in [7, 11) is 4.17. The first-order valence-electron chi connectivity index (χ1n) is 5.35. The highest BCUT2D eigenvalue weighted by Crippen LogP contribution is 2.22. The van der Waals surface area contributed by atoms with Crippen LogP contribution in [0.5, 0.6) is 0 Å². The largest absolute Gasteiger partial charge is 0.397 e. The summed E-state index contributed by atoms with van der Waals surface area (Å²) in [5.74, 6) is 0. The van der Waals surface area contributed by atoms with Gasteiger partial charge in [0.15, 0.2) is 0 Å². The number of aryl methyl sites for hydroxylation is 1. The second-order valence-electron chi connectivity index (χ2n) is 4.12. The monoisotopic (exact) mass is 207 g/mol. The van der Waals surface area contributed by atoms with Crippen molar-refractivity contribution in [3.05, 3.63) is 23.8 Å². The maximum absolute atomic E-state index is 5.89. The predicted octanol–water partition coefficient (Wildman–Crippen LogP) is 1.94. The number of nitrogens with zero attached hydrogens (tertiary/aromatic N) is 1. The van der Waals surface area contributed by atoms with Crippen molar-refractivity contribution in [2.45, 2.75) is 13.3 Å². The zero-order valence-corrected chi connectivity index (χ0v) is 9.88. The lowest BCUT2D eigenvalue weighted by atomic mass is 10.1. The van der Waals surface area contributed by atoms with Gasteiger partial charge in [0.25, 0.3) is 0 Å². The van der Waals surface area contributed by atoms with Crippen molar-refractivity contribution in [1.29, 1.82) is 0 Å². The van der Waals surface area contributed by atoms with Gasteiger partial charge < -0.3 is 16.0 Å². The van der Waals surface area contributed by atoms with Crippen LogP contribution in [0.2, 0.25) is 0 Å². The zero-order chi connectivity index (χ0) is 11.3. The predicted molar refractivity (Wildman–Crippen MR) is 67.3 cm³/mol. The van der Waals surface area contributed by atoms with E-state index in [1.165, 1.54) is 5.56 Å². The van der Waals surface area contributed by atoms with Crippen molar-refractivity contribution < 1.29 is 0 Å². The van der Waals surface area contributed by atoms with Gasteiger partial charge in [-0.15, -0.1) is 0 Å². The molecule has 0 bridgehead atoms. The molecule has 0 aliphatic carbocycles. The molecule has 0 atom stereocenters. The van der Waals surface area contributed by atoms with E-state index >= 15 is 0 Å². The number of hydrogen-bond acceptors (Lipinski definition) is 3. The molecular weight excluding hydrogens is 186 g/mol. The maximum Gasteiger partial charge on any atom is 0.0603 e. The molecule has 0 aliphatic heterocycles. The van der Waals surface area contributed by atoms with Gasteiger partial charge in [-0.05, 0) is 45.6 Å². The summed E-state index contributed by atoms with van der Waals surface area (Å²) in [4.78, 5) is 2.18. The van der Waals surface area contributed by atoms with Crippen molar-refractivity contribution in [3.63, 3.8) is 0 Å². The van der Waals surface area contributed by atoms with Crippen LogP contribution in [-0.2, 0) is 0 Å². The quantitative estimate of drug-likeness (QED) is 0.572. The van der Waals surface area contributed by atoms with E-state index in [0.29, 0.717) is 0 Å². The second-order valence-corrected chi connectivity index (χ2v) is 4.12. The number of benzene rings is 1. The molecule has 3 N–H and O–H groups in total. The molecule has 3 heteroatoms. The summed E-state index contributed by atoms with van der Waals surface area (Å²) < 4.78 is 0. The molecule has 84 valence electrons. The third-order valence-electron chi connectivity index (χ3n) is 2.39. The van der Waals surface area contributed by atoms with Crippen molar-refractivity contribution in [3.8, 4) is 0 Å². The Balaban J connectivity index is 2.43. The molecule has 1 aromatic rings. The highest BCUT2D eigenvalue weighted by atomic mass is 15.1. The van der Waals surface area contributed by atoms with E-state index in [-0.39, 0.29) is 0 Å². The highest BCUT2D eigenvalue weighted by molar-refractivity contribution is 5.69. The minimum Gasteiger partial charge on any atom is -0.397 e. The molecule has 0 saturated carbocycles. The van der Waals surface area contributed by atoms with Gasteiger partial charge in [-0.3, -0.25) is 0 Å². The number of nitrogens with one attached hydrogen (secondary N) is 1. The number of rotatable bonds is 5. The van der Waals surface area contributed by atoms with Crippen molar-refractivity contribution in [1.82, 2.24) is 4.90 Å². The van der Waals surface area contributed by atoms with Gasteiger partial charge in [-0.1, -0.05) is 12.1 Å². The Kier molecular flexibility index (Phi) is 4.43. The van der Waals surface area contributed by atoms with E-state index in [0.717, 1.165) is 30.9 Å². The lowest BCUT2D eigenvalue weighted by Crippen LogP contribution is -2.16. The van der Waals surface area contributed by atoms with Gasteiger partial charge in [0.2, 0.25) is 0 Å². The Hall–Kier alpha value is -1.22. The molecule has 0 aliphatic rings. The minimum atomic E-state index is 0.833. The van der Waals surface area contributed by atoms with Crippen LogP contribution in [0, 0.1) is 6.92 Å². The van der Waals surface area contributed by atoms with Crippen molar-refractivity contribution in [2.24, 2.45) is 0 Å². The van der Waals surface area contributed by atoms with Crippen molar-refractivity contribution in [2.75, 3.05) is 38.2 Å². The molecule has 1 aromatic carbocycles. The van der Waals surface area contributed by atoms with Crippen LogP contribution in [0.3, 0.4) is 0 Å². The van der Waals surface area contributed by atoms with Crippen LogP contribution in [0.25, 0.3) is 0 Å². The average molecular weight is 207 g/mol. The molecule has 0 radical (unpaired) electrons. The highest BCUT2D eigenvalue weighted by Gasteiger charge is 2.00. The number of nitrogen functional groups attached to an aromatic ring is 1. The Morgan fingerprint density at radius 2 is 2.07 bits per heavy atom. The first kappa shape index (κ1) is 11.9. The SMILES string of the molecule is Cc1cccc(N)c1NCCCN(C)C. The Morgan fingerprint density at radius 3 is 2.67 bits per heavy atom. The number of anilines is 2. The molecule has 0 heterocycles. The van der Waals surface area contributed by atoms with Gasteiger partial charge in [-0.2, -0.15) is 0 Å². The van der Waals surface area contributed by atoms with Crippen LogP contribution in [-0.4, -0.2) is 32.1 Å². The van der Waals surface area contributed by atoms with E-state index in [2.05, 4.69) is 37.3 Å². The number of hydrogen-bond donors (Lipinski definition) is 2. The van der Waals surface area contributed by atoms with Gasteiger partial charge in [0.05, 0.1) is 11.4 Å². The molecule has 0 fully saturated rings. The number of para-hydroxylation sites is 1. The minimum absolute atomic E-state index is 0.833. The van der Waals surface area contributed by atoms with Crippen LogP contribution in [0.1, 0.15) is 12.0 Å². The third-order valence-corrected chi connectivity index (χ3v) is 2.39. The molecule has 15 heavy (non-hydrogen) atoms. The van der Waals surface area contributed by atoms with E-state index < -0.39 is 0 Å². The van der Waals surface area contributed by atoms with Gasteiger partial charge in [0.1, 0.15) is 0 Å². The van der Waals surface area contributed by atoms with Crippen LogP contribution >= 0.6 is 0 Å². The first-order chi connectivity index (χ1) is 7.11. The Labute approximate surface area is 92.3 Å². The molecule has 3 nitrogen and oxygen atoms in total. The van der Waals surface area contributed by atoms with E-state index in [9.17, 15) is 0 Å². The lowest BCUT2D eigenvalue weighted by molar-refractivity contribution is 0.405. The van der Waals surface area contributed by atoms with Crippen LogP contribution < -0.4 is 11.1 Å². The molecule has 0 aromatic heterocycles. The van der Waals surface area contributed by atoms with Gasteiger partial charge in [0, 0.05) is 6.54 Å². The zero-order valence-electron chi connectivity index (χ0n) is 9.88. The molecule has 0 unspecified atom stereocenters. The summed E-state index contributed by atoms with van der Waals surface area (Å²) in [6.07, 6.45) is 1.13. The standard InChI is InChI=1S/C12H21N3/c1-10-6-4-7-11(13)12(10)14-8-5-9-15(2)3/h4,6-7,14H,5,8-9,13H2,1-3H3. The Morgan fingerprint density at radius 1 is 1.33 bits per heavy atom. The molecule has 0 saturated heterocycles. The van der Waals surface area contributed by atoms with E-state index in [1.807, 2.05) is 12.1 Å². The summed E-state index contributed by atoms with van der Waals surface area (Å²) in [6, 6.07) is 5.99. The summed E-state index contributed by atoms with van der Waals surface area (Å²) in [6.45, 7) is 4.14. The second kappa shape index (κ2) is 5.61. The van der Waals surface area contributed by atoms with Crippen LogP contribution in [0.15, 0.2) is 18.2 Å². The normalized spacial score (nSPS) is 10.7. The Bertz CT molecular complexity index is 287. The summed E-state index contributed by atoms with van der Waals surface area (Å²) in [5.41, 5.74) is 9.01. The van der Waals surface area contributed by atoms with Gasteiger partial charge >= 0.3 is 0 Å². The topological polar surface area (TPSA) is 41.3 Å². The summed E-state index contributed by atoms with van der Waals surface area (Å²) >= 11 is 0. The molecule has 0 amide bonds. The first-order valence-corrected chi connectivity index (χ1v) is 5.35. The molecular formula is C12H21N3. The third kappa shape index (κ3) is 3.80. The smallest absolute Gasteiger partial charge is 0.0603 e. The average Bonchev–Trinajstić information content (AvgIpc) is 2.15. The van der Waals surface area contributed by atoms with Gasteiger partial charge in [-0.25, -0.2) is 0 Å². The maximum atomic E-state index is 5.89. The molecule has 0 spiro atoms. The molecule has 1 rings (SSSR count). The number of nitrogens with two attached hydrogens (primary N) is 1. The fourth-order valence-corrected chi connectivity index (χ4v) is 1.54. The van der Waals surface area contributed by atoms with Crippen molar-refractivity contribution >= 4 is 11.4 Å². The van der Waals surface area contributed by atoms with E-state index in [4.69, 9.17) is 5.73 Å².